The predicted molar refractivity (Wildman–Crippen MR) is 129 cm³/mol. The summed E-state index contributed by atoms with van der Waals surface area (Å²) >= 11 is 0. The topological polar surface area (TPSA) is 38.8 Å². The molecule has 1 aliphatic heterocycles. The Balaban J connectivity index is 1.91. The SMILES string of the molecule is CCOc1cc2c(cc1OCC)[C@H](c1cccc(C)c1)N(c1ccc(CC)cc1)C(=O)C2. The summed E-state index contributed by atoms with van der Waals surface area (Å²) in [4.78, 5) is 15.5. The molecule has 1 heterocycles. The molecule has 0 saturated heterocycles. The van der Waals surface area contributed by atoms with E-state index in [1.165, 1.54) is 11.1 Å². The minimum atomic E-state index is -0.228. The largest absolute Gasteiger partial charge is 0.490 e. The smallest absolute Gasteiger partial charge is 0.232 e. The van der Waals surface area contributed by atoms with E-state index < -0.39 is 0 Å². The van der Waals surface area contributed by atoms with E-state index in [0.29, 0.717) is 25.4 Å². The van der Waals surface area contributed by atoms with Crippen molar-refractivity contribution >= 4 is 11.6 Å². The van der Waals surface area contributed by atoms with Crippen molar-refractivity contribution in [1.29, 1.82) is 0 Å². The molecule has 3 aromatic rings. The molecule has 0 bridgehead atoms. The van der Waals surface area contributed by atoms with E-state index in [0.717, 1.165) is 34.5 Å². The number of hydrogen-bond donors (Lipinski definition) is 0. The summed E-state index contributed by atoms with van der Waals surface area (Å²) in [5, 5.41) is 0. The van der Waals surface area contributed by atoms with Crippen LogP contribution in [0.15, 0.2) is 60.7 Å². The first-order valence-electron chi connectivity index (χ1n) is 11.5. The van der Waals surface area contributed by atoms with E-state index in [2.05, 4.69) is 68.4 Å². The number of aryl methyl sites for hydroxylation is 2. The van der Waals surface area contributed by atoms with Gasteiger partial charge in [0.1, 0.15) is 0 Å². The average molecular weight is 430 g/mol. The summed E-state index contributed by atoms with van der Waals surface area (Å²) in [6, 6.07) is 20.6. The molecule has 0 aromatic heterocycles. The highest BCUT2D eigenvalue weighted by Crippen LogP contribution is 2.43. The molecule has 0 spiro atoms. The summed E-state index contributed by atoms with van der Waals surface area (Å²) in [6.07, 6.45) is 1.30. The normalized spacial score (nSPS) is 15.4. The zero-order valence-corrected chi connectivity index (χ0v) is 19.4. The van der Waals surface area contributed by atoms with E-state index in [4.69, 9.17) is 9.47 Å². The maximum atomic E-state index is 13.5. The molecule has 4 heteroatoms. The molecule has 1 atom stereocenters. The second kappa shape index (κ2) is 9.47. The molecule has 166 valence electrons. The van der Waals surface area contributed by atoms with Crippen molar-refractivity contribution in [1.82, 2.24) is 0 Å². The van der Waals surface area contributed by atoms with E-state index in [-0.39, 0.29) is 11.9 Å². The zero-order chi connectivity index (χ0) is 22.7. The van der Waals surface area contributed by atoms with Crippen LogP contribution in [0.1, 0.15) is 54.6 Å². The van der Waals surface area contributed by atoms with Crippen molar-refractivity contribution < 1.29 is 14.3 Å². The summed E-state index contributed by atoms with van der Waals surface area (Å²) in [7, 11) is 0. The molecule has 0 aliphatic carbocycles. The fourth-order valence-electron chi connectivity index (χ4n) is 4.45. The van der Waals surface area contributed by atoms with E-state index in [1.807, 2.05) is 24.8 Å². The molecule has 0 N–H and O–H groups in total. The zero-order valence-electron chi connectivity index (χ0n) is 19.4. The number of rotatable bonds is 7. The lowest BCUT2D eigenvalue weighted by Gasteiger charge is -2.38. The third-order valence-corrected chi connectivity index (χ3v) is 5.95. The van der Waals surface area contributed by atoms with Crippen molar-refractivity contribution in [2.45, 2.75) is 46.6 Å². The standard InChI is InChI=1S/C28H31NO3/c1-5-20-11-13-23(14-12-20)29-27(30)17-22-16-25(31-6-2)26(32-7-3)18-24(22)28(29)21-10-8-9-19(4)15-21/h8-16,18,28H,5-7,17H2,1-4H3/t28-/m0/s1. The van der Waals surface area contributed by atoms with Crippen molar-refractivity contribution in [2.75, 3.05) is 18.1 Å². The Bertz CT molecular complexity index is 1100. The van der Waals surface area contributed by atoms with Gasteiger partial charge < -0.3 is 14.4 Å². The fraction of sp³-hybridized carbons (Fsp3) is 0.321. The van der Waals surface area contributed by atoms with Crippen LogP contribution < -0.4 is 14.4 Å². The molecule has 0 fully saturated rings. The molecule has 4 rings (SSSR count). The molecule has 0 saturated carbocycles. The monoisotopic (exact) mass is 429 g/mol. The van der Waals surface area contributed by atoms with Crippen LogP contribution in [0, 0.1) is 6.92 Å². The van der Waals surface area contributed by atoms with Gasteiger partial charge in [-0.15, -0.1) is 0 Å². The first-order chi connectivity index (χ1) is 15.5. The average Bonchev–Trinajstić information content (AvgIpc) is 2.79. The minimum Gasteiger partial charge on any atom is -0.490 e. The van der Waals surface area contributed by atoms with Crippen LogP contribution in [0.5, 0.6) is 11.5 Å². The van der Waals surface area contributed by atoms with Gasteiger partial charge in [-0.25, -0.2) is 0 Å². The molecule has 1 aliphatic rings. The van der Waals surface area contributed by atoms with Gasteiger partial charge >= 0.3 is 0 Å². The van der Waals surface area contributed by atoms with Crippen LogP contribution >= 0.6 is 0 Å². The molecule has 0 radical (unpaired) electrons. The second-order valence-electron chi connectivity index (χ2n) is 8.14. The summed E-state index contributed by atoms with van der Waals surface area (Å²) < 4.78 is 11.8. The van der Waals surface area contributed by atoms with E-state index >= 15 is 0 Å². The molecular formula is C28H31NO3. The van der Waals surface area contributed by atoms with E-state index in [9.17, 15) is 4.79 Å². The Morgan fingerprint density at radius 3 is 2.22 bits per heavy atom. The highest BCUT2D eigenvalue weighted by Gasteiger charge is 2.36. The van der Waals surface area contributed by atoms with E-state index in [1.54, 1.807) is 0 Å². The Morgan fingerprint density at radius 1 is 0.906 bits per heavy atom. The maximum absolute atomic E-state index is 13.5. The molecular weight excluding hydrogens is 398 g/mol. The maximum Gasteiger partial charge on any atom is 0.232 e. The van der Waals surface area contributed by atoms with Crippen LogP contribution in [0.3, 0.4) is 0 Å². The van der Waals surface area contributed by atoms with Crippen molar-refractivity contribution in [2.24, 2.45) is 0 Å². The molecule has 32 heavy (non-hydrogen) atoms. The molecule has 1 amide bonds. The lowest BCUT2D eigenvalue weighted by atomic mass is 9.86. The first-order valence-corrected chi connectivity index (χ1v) is 11.5. The van der Waals surface area contributed by atoms with Gasteiger partial charge in [0.2, 0.25) is 5.91 Å². The third-order valence-electron chi connectivity index (χ3n) is 5.95. The van der Waals surface area contributed by atoms with Gasteiger partial charge in [-0.2, -0.15) is 0 Å². The Labute approximate surface area is 190 Å². The summed E-state index contributed by atoms with van der Waals surface area (Å²) in [6.45, 7) is 9.24. The predicted octanol–water partition coefficient (Wildman–Crippen LogP) is 6.03. The lowest BCUT2D eigenvalue weighted by Crippen LogP contribution is -2.41. The fourth-order valence-corrected chi connectivity index (χ4v) is 4.45. The first kappa shape index (κ1) is 21.9. The lowest BCUT2D eigenvalue weighted by molar-refractivity contribution is -0.118. The van der Waals surface area contributed by atoms with Gasteiger partial charge in [0.25, 0.3) is 0 Å². The van der Waals surface area contributed by atoms with Gasteiger partial charge in [-0.3, -0.25) is 4.79 Å². The number of nitrogens with zero attached hydrogens (tertiary/aromatic N) is 1. The number of carbonyl (C=O) groups is 1. The van der Waals surface area contributed by atoms with Crippen molar-refractivity contribution in [3.63, 3.8) is 0 Å². The third kappa shape index (κ3) is 4.22. The number of amides is 1. The molecule has 3 aromatic carbocycles. The number of carbonyl (C=O) groups excluding carboxylic acids is 1. The number of ether oxygens (including phenoxy) is 2. The minimum absolute atomic E-state index is 0.0832. The molecule has 4 nitrogen and oxygen atoms in total. The van der Waals surface area contributed by atoms with Crippen molar-refractivity contribution in [3.8, 4) is 11.5 Å². The van der Waals surface area contributed by atoms with Gasteiger partial charge in [0.15, 0.2) is 11.5 Å². The Morgan fingerprint density at radius 2 is 1.59 bits per heavy atom. The number of fused-ring (bicyclic) bond motifs is 1. The quantitative estimate of drug-likeness (QED) is 0.460. The van der Waals surface area contributed by atoms with Gasteiger partial charge in [0.05, 0.1) is 25.7 Å². The summed E-state index contributed by atoms with van der Waals surface area (Å²) in [5.74, 6) is 1.51. The van der Waals surface area contributed by atoms with Gasteiger partial charge in [-0.1, -0.05) is 48.9 Å². The van der Waals surface area contributed by atoms with Crippen LogP contribution in [0.4, 0.5) is 5.69 Å². The van der Waals surface area contributed by atoms with Crippen LogP contribution in [0.2, 0.25) is 0 Å². The van der Waals surface area contributed by atoms with Crippen LogP contribution in [-0.2, 0) is 17.6 Å². The summed E-state index contributed by atoms with van der Waals surface area (Å²) in [5.41, 5.74) is 6.50. The highest BCUT2D eigenvalue weighted by atomic mass is 16.5. The van der Waals surface area contributed by atoms with Crippen molar-refractivity contribution in [3.05, 3.63) is 88.5 Å². The van der Waals surface area contributed by atoms with Crippen LogP contribution in [-0.4, -0.2) is 19.1 Å². The number of anilines is 1. The van der Waals surface area contributed by atoms with Crippen LogP contribution in [0.25, 0.3) is 0 Å². The Hall–Kier alpha value is -3.27. The second-order valence-corrected chi connectivity index (χ2v) is 8.14. The number of benzene rings is 3. The number of hydrogen-bond acceptors (Lipinski definition) is 3. The highest BCUT2D eigenvalue weighted by molar-refractivity contribution is 5.98. The van der Waals surface area contributed by atoms with Gasteiger partial charge in [-0.05, 0) is 73.7 Å². The molecule has 0 unspecified atom stereocenters. The van der Waals surface area contributed by atoms with Gasteiger partial charge in [0, 0.05) is 5.69 Å². The Kier molecular flexibility index (Phi) is 6.50.